The number of aliphatic hydroxyl groups is 1. The van der Waals surface area contributed by atoms with E-state index in [4.69, 9.17) is 5.11 Å². The topological polar surface area (TPSA) is 52.6 Å². The minimum Gasteiger partial charge on any atom is -0.395 e. The first kappa shape index (κ1) is 15.2. The van der Waals surface area contributed by atoms with E-state index in [0.717, 1.165) is 6.54 Å². The fraction of sp³-hybridized carbons (Fsp3) is 0.786. The van der Waals surface area contributed by atoms with Crippen molar-refractivity contribution in [2.45, 2.75) is 32.1 Å². The van der Waals surface area contributed by atoms with E-state index in [1.165, 1.54) is 32.1 Å². The van der Waals surface area contributed by atoms with Gasteiger partial charge in [0, 0.05) is 19.6 Å². The molecule has 1 aliphatic carbocycles. The molecule has 18 heavy (non-hydrogen) atoms. The van der Waals surface area contributed by atoms with Crippen LogP contribution in [0, 0.1) is 5.92 Å². The van der Waals surface area contributed by atoms with Gasteiger partial charge in [-0.3, -0.25) is 9.69 Å². The summed E-state index contributed by atoms with van der Waals surface area (Å²) in [5, 5.41) is 11.9. The van der Waals surface area contributed by atoms with E-state index in [9.17, 15) is 4.79 Å². The number of amides is 1. The third kappa shape index (κ3) is 6.17. The molecule has 0 unspecified atom stereocenters. The number of nitrogens with zero attached hydrogens (tertiary/aromatic N) is 1. The lowest BCUT2D eigenvalue weighted by Crippen LogP contribution is -2.40. The molecule has 4 heteroatoms. The Morgan fingerprint density at radius 2 is 2.11 bits per heavy atom. The Bertz CT molecular complexity index is 250. The maximum atomic E-state index is 11.8. The molecule has 4 nitrogen and oxygen atoms in total. The second kappa shape index (κ2) is 9.11. The van der Waals surface area contributed by atoms with Gasteiger partial charge in [0.1, 0.15) is 0 Å². The predicted octanol–water partition coefficient (Wildman–Crippen LogP) is 1.16. The quantitative estimate of drug-likeness (QED) is 0.639. The molecule has 0 aliphatic heterocycles. The lowest BCUT2D eigenvalue weighted by molar-refractivity contribution is -0.122. The first-order valence-electron chi connectivity index (χ1n) is 6.97. The molecule has 0 spiro atoms. The van der Waals surface area contributed by atoms with Crippen LogP contribution in [0.1, 0.15) is 32.1 Å². The van der Waals surface area contributed by atoms with E-state index >= 15 is 0 Å². The number of carbonyl (C=O) groups excluding carboxylic acids is 1. The van der Waals surface area contributed by atoms with Crippen molar-refractivity contribution in [3.8, 4) is 0 Å². The molecule has 0 aromatic heterocycles. The van der Waals surface area contributed by atoms with E-state index < -0.39 is 0 Å². The molecule has 0 aromatic carbocycles. The van der Waals surface area contributed by atoms with Gasteiger partial charge in [0.15, 0.2) is 0 Å². The second-order valence-corrected chi connectivity index (χ2v) is 5.06. The van der Waals surface area contributed by atoms with Gasteiger partial charge >= 0.3 is 0 Å². The Kier molecular flexibility index (Phi) is 7.69. The van der Waals surface area contributed by atoms with Crippen LogP contribution in [0.25, 0.3) is 0 Å². The molecule has 1 amide bonds. The fourth-order valence-corrected chi connectivity index (χ4v) is 2.47. The van der Waals surface area contributed by atoms with Crippen LogP contribution in [0.5, 0.6) is 0 Å². The van der Waals surface area contributed by atoms with Crippen LogP contribution in [0.4, 0.5) is 0 Å². The monoisotopic (exact) mass is 254 g/mol. The van der Waals surface area contributed by atoms with Crippen LogP contribution < -0.4 is 5.32 Å². The molecular formula is C14H26N2O2. The van der Waals surface area contributed by atoms with Crippen molar-refractivity contribution in [1.29, 1.82) is 0 Å². The molecule has 0 radical (unpaired) electrons. The standard InChI is InChI=1S/C14H26N2O2/c1-2-8-16(9-10-17)12-14(18)15-11-13-6-4-3-5-7-13/h2,13,17H,1,3-12H2,(H,15,18). The van der Waals surface area contributed by atoms with E-state index in [0.29, 0.717) is 25.6 Å². The predicted molar refractivity (Wildman–Crippen MR) is 73.3 cm³/mol. The number of hydrogen-bond acceptors (Lipinski definition) is 3. The third-order valence-corrected chi connectivity index (χ3v) is 3.48. The number of rotatable bonds is 8. The van der Waals surface area contributed by atoms with Gasteiger partial charge in [-0.2, -0.15) is 0 Å². The summed E-state index contributed by atoms with van der Waals surface area (Å²) in [6.45, 7) is 6.03. The molecule has 0 bridgehead atoms. The molecule has 1 rings (SSSR count). The SMILES string of the molecule is C=CCN(CCO)CC(=O)NCC1CCCCC1. The Labute approximate surface area is 110 Å². The van der Waals surface area contributed by atoms with Crippen LogP contribution in [0.2, 0.25) is 0 Å². The smallest absolute Gasteiger partial charge is 0.234 e. The molecule has 2 N–H and O–H groups in total. The van der Waals surface area contributed by atoms with Crippen molar-refractivity contribution < 1.29 is 9.90 Å². The highest BCUT2D eigenvalue weighted by molar-refractivity contribution is 5.78. The van der Waals surface area contributed by atoms with E-state index in [1.807, 2.05) is 4.90 Å². The summed E-state index contributed by atoms with van der Waals surface area (Å²) in [6, 6.07) is 0. The minimum atomic E-state index is 0.0517. The minimum absolute atomic E-state index is 0.0517. The van der Waals surface area contributed by atoms with Crippen molar-refractivity contribution in [3.63, 3.8) is 0 Å². The van der Waals surface area contributed by atoms with Gasteiger partial charge in [0.05, 0.1) is 13.2 Å². The molecule has 1 saturated carbocycles. The summed E-state index contributed by atoms with van der Waals surface area (Å²) in [4.78, 5) is 13.7. The first-order valence-corrected chi connectivity index (χ1v) is 6.97. The number of aliphatic hydroxyl groups excluding tert-OH is 1. The Morgan fingerprint density at radius 1 is 1.39 bits per heavy atom. The molecule has 0 heterocycles. The van der Waals surface area contributed by atoms with Crippen LogP contribution in [-0.2, 0) is 4.79 Å². The summed E-state index contributed by atoms with van der Waals surface area (Å²) < 4.78 is 0. The molecule has 1 fully saturated rings. The van der Waals surface area contributed by atoms with Crippen molar-refractivity contribution in [2.24, 2.45) is 5.92 Å². The summed E-state index contributed by atoms with van der Waals surface area (Å²) >= 11 is 0. The zero-order valence-corrected chi connectivity index (χ0v) is 11.2. The Hall–Kier alpha value is -0.870. The van der Waals surface area contributed by atoms with Crippen molar-refractivity contribution in [3.05, 3.63) is 12.7 Å². The maximum Gasteiger partial charge on any atom is 0.234 e. The zero-order valence-electron chi connectivity index (χ0n) is 11.2. The number of carbonyl (C=O) groups is 1. The third-order valence-electron chi connectivity index (χ3n) is 3.48. The van der Waals surface area contributed by atoms with Crippen molar-refractivity contribution >= 4 is 5.91 Å². The second-order valence-electron chi connectivity index (χ2n) is 5.06. The zero-order chi connectivity index (χ0) is 13.2. The summed E-state index contributed by atoms with van der Waals surface area (Å²) in [6.07, 6.45) is 8.18. The van der Waals surface area contributed by atoms with Crippen LogP contribution in [-0.4, -0.2) is 48.7 Å². The van der Waals surface area contributed by atoms with Crippen LogP contribution >= 0.6 is 0 Å². The van der Waals surface area contributed by atoms with Gasteiger partial charge in [-0.25, -0.2) is 0 Å². The highest BCUT2D eigenvalue weighted by atomic mass is 16.3. The Morgan fingerprint density at radius 3 is 2.72 bits per heavy atom. The first-order chi connectivity index (χ1) is 8.76. The average molecular weight is 254 g/mol. The highest BCUT2D eigenvalue weighted by Gasteiger charge is 2.15. The molecule has 0 aromatic rings. The maximum absolute atomic E-state index is 11.8. The summed E-state index contributed by atoms with van der Waals surface area (Å²) in [7, 11) is 0. The van der Waals surface area contributed by atoms with Gasteiger partial charge in [0.25, 0.3) is 0 Å². The van der Waals surface area contributed by atoms with E-state index in [-0.39, 0.29) is 12.5 Å². The van der Waals surface area contributed by atoms with Crippen LogP contribution in [0.15, 0.2) is 12.7 Å². The Balaban J connectivity index is 2.19. The molecule has 0 atom stereocenters. The fourth-order valence-electron chi connectivity index (χ4n) is 2.47. The largest absolute Gasteiger partial charge is 0.395 e. The van der Waals surface area contributed by atoms with E-state index in [2.05, 4.69) is 11.9 Å². The molecule has 1 aliphatic rings. The summed E-state index contributed by atoms with van der Waals surface area (Å²) in [5.41, 5.74) is 0. The van der Waals surface area contributed by atoms with Gasteiger partial charge < -0.3 is 10.4 Å². The lowest BCUT2D eigenvalue weighted by Gasteiger charge is -2.23. The lowest BCUT2D eigenvalue weighted by atomic mass is 9.89. The number of nitrogens with one attached hydrogen (secondary N) is 1. The summed E-state index contributed by atoms with van der Waals surface area (Å²) in [5.74, 6) is 0.712. The van der Waals surface area contributed by atoms with Crippen molar-refractivity contribution in [1.82, 2.24) is 10.2 Å². The normalized spacial score (nSPS) is 16.8. The number of hydrogen-bond donors (Lipinski definition) is 2. The van der Waals surface area contributed by atoms with Gasteiger partial charge in [-0.15, -0.1) is 6.58 Å². The van der Waals surface area contributed by atoms with Crippen molar-refractivity contribution in [2.75, 3.05) is 32.8 Å². The van der Waals surface area contributed by atoms with Gasteiger partial charge in [0.2, 0.25) is 5.91 Å². The molecular weight excluding hydrogens is 228 g/mol. The average Bonchev–Trinajstić information content (AvgIpc) is 2.38. The highest BCUT2D eigenvalue weighted by Crippen LogP contribution is 2.22. The van der Waals surface area contributed by atoms with Gasteiger partial charge in [-0.1, -0.05) is 25.3 Å². The molecule has 104 valence electrons. The van der Waals surface area contributed by atoms with Gasteiger partial charge in [-0.05, 0) is 18.8 Å². The van der Waals surface area contributed by atoms with Crippen LogP contribution in [0.3, 0.4) is 0 Å². The molecule has 0 saturated heterocycles. The van der Waals surface area contributed by atoms with E-state index in [1.54, 1.807) is 6.08 Å².